The summed E-state index contributed by atoms with van der Waals surface area (Å²) in [6, 6.07) is 3.42. The van der Waals surface area contributed by atoms with Gasteiger partial charge in [-0.1, -0.05) is 0 Å². The number of pyridine rings is 1. The standard InChI is InChI=1S/C11H18N2O2/c1-8-3-4-11(15)10(13-8)7-12-6-5-9(2)14/h3-4,9,12,14-15H,5-7H2,1-2H3. The van der Waals surface area contributed by atoms with Crippen LogP contribution in [0.5, 0.6) is 5.75 Å². The number of nitrogens with zero attached hydrogens (tertiary/aromatic N) is 1. The Hall–Kier alpha value is -1.13. The number of aromatic nitrogens is 1. The van der Waals surface area contributed by atoms with Crippen molar-refractivity contribution in [2.24, 2.45) is 0 Å². The Morgan fingerprint density at radius 2 is 2.20 bits per heavy atom. The first-order chi connectivity index (χ1) is 7.09. The molecule has 1 atom stereocenters. The molecule has 0 amide bonds. The fourth-order valence-electron chi connectivity index (χ4n) is 1.25. The number of aliphatic hydroxyl groups is 1. The summed E-state index contributed by atoms with van der Waals surface area (Å²) in [7, 11) is 0. The third kappa shape index (κ3) is 4.27. The zero-order valence-electron chi connectivity index (χ0n) is 9.20. The molecule has 1 rings (SSSR count). The topological polar surface area (TPSA) is 65.4 Å². The van der Waals surface area contributed by atoms with Crippen LogP contribution in [0.2, 0.25) is 0 Å². The van der Waals surface area contributed by atoms with Crippen molar-refractivity contribution in [1.82, 2.24) is 10.3 Å². The summed E-state index contributed by atoms with van der Waals surface area (Å²) in [5.41, 5.74) is 1.54. The second kappa shape index (κ2) is 5.68. The molecule has 15 heavy (non-hydrogen) atoms. The molecular weight excluding hydrogens is 192 g/mol. The van der Waals surface area contributed by atoms with Crippen LogP contribution in [-0.4, -0.2) is 27.8 Å². The molecule has 1 aromatic heterocycles. The van der Waals surface area contributed by atoms with E-state index < -0.39 is 0 Å². The highest BCUT2D eigenvalue weighted by molar-refractivity contribution is 5.27. The minimum absolute atomic E-state index is 0.213. The van der Waals surface area contributed by atoms with Gasteiger partial charge in [0.05, 0.1) is 11.8 Å². The smallest absolute Gasteiger partial charge is 0.138 e. The van der Waals surface area contributed by atoms with Crippen molar-refractivity contribution in [3.05, 3.63) is 23.5 Å². The molecule has 0 radical (unpaired) electrons. The van der Waals surface area contributed by atoms with E-state index in [0.717, 1.165) is 5.69 Å². The van der Waals surface area contributed by atoms with Gasteiger partial charge in [-0.05, 0) is 38.9 Å². The lowest BCUT2D eigenvalue weighted by Gasteiger charge is -2.07. The molecule has 84 valence electrons. The highest BCUT2D eigenvalue weighted by Crippen LogP contribution is 2.13. The Morgan fingerprint density at radius 3 is 2.87 bits per heavy atom. The number of aliphatic hydroxyl groups excluding tert-OH is 1. The van der Waals surface area contributed by atoms with Crippen LogP contribution in [-0.2, 0) is 6.54 Å². The van der Waals surface area contributed by atoms with Gasteiger partial charge in [0.25, 0.3) is 0 Å². The first-order valence-electron chi connectivity index (χ1n) is 5.14. The van der Waals surface area contributed by atoms with Crippen LogP contribution in [0, 0.1) is 6.92 Å². The molecule has 1 aromatic rings. The van der Waals surface area contributed by atoms with Crippen LogP contribution in [0.4, 0.5) is 0 Å². The number of nitrogens with one attached hydrogen (secondary N) is 1. The molecule has 0 saturated heterocycles. The summed E-state index contributed by atoms with van der Waals surface area (Å²) in [6.45, 7) is 4.88. The monoisotopic (exact) mass is 210 g/mol. The molecule has 4 heteroatoms. The van der Waals surface area contributed by atoms with Gasteiger partial charge in [-0.3, -0.25) is 4.98 Å². The Kier molecular flexibility index (Phi) is 4.52. The molecule has 1 unspecified atom stereocenters. The molecule has 0 aromatic carbocycles. The van der Waals surface area contributed by atoms with E-state index in [9.17, 15) is 5.11 Å². The Labute approximate surface area is 90.0 Å². The van der Waals surface area contributed by atoms with Gasteiger partial charge in [-0.2, -0.15) is 0 Å². The summed E-state index contributed by atoms with van der Waals surface area (Å²) in [5, 5.41) is 21.7. The van der Waals surface area contributed by atoms with Gasteiger partial charge in [0.15, 0.2) is 0 Å². The highest BCUT2D eigenvalue weighted by atomic mass is 16.3. The Morgan fingerprint density at radius 1 is 1.47 bits per heavy atom. The average molecular weight is 210 g/mol. The van der Waals surface area contributed by atoms with Gasteiger partial charge in [0.1, 0.15) is 5.75 Å². The van der Waals surface area contributed by atoms with E-state index in [1.54, 1.807) is 19.1 Å². The average Bonchev–Trinajstić information content (AvgIpc) is 2.17. The lowest BCUT2D eigenvalue weighted by molar-refractivity contribution is 0.183. The van der Waals surface area contributed by atoms with Crippen molar-refractivity contribution in [1.29, 1.82) is 0 Å². The number of aromatic hydroxyl groups is 1. The summed E-state index contributed by atoms with van der Waals surface area (Å²) < 4.78 is 0. The molecule has 3 N–H and O–H groups in total. The molecule has 1 heterocycles. The van der Waals surface area contributed by atoms with Crippen molar-refractivity contribution in [3.8, 4) is 5.75 Å². The Balaban J connectivity index is 2.40. The third-order valence-corrected chi connectivity index (χ3v) is 2.12. The number of aryl methyl sites for hydroxylation is 1. The van der Waals surface area contributed by atoms with E-state index in [4.69, 9.17) is 5.11 Å². The fourth-order valence-corrected chi connectivity index (χ4v) is 1.25. The van der Waals surface area contributed by atoms with Crippen LogP contribution in [0.1, 0.15) is 24.7 Å². The summed E-state index contributed by atoms with van der Waals surface area (Å²) in [4.78, 5) is 4.21. The number of hydrogen-bond donors (Lipinski definition) is 3. The maximum atomic E-state index is 9.49. The quantitative estimate of drug-likeness (QED) is 0.633. The number of hydrogen-bond acceptors (Lipinski definition) is 4. The van der Waals surface area contributed by atoms with E-state index in [1.165, 1.54) is 0 Å². The van der Waals surface area contributed by atoms with E-state index in [-0.39, 0.29) is 11.9 Å². The van der Waals surface area contributed by atoms with Crippen molar-refractivity contribution in [3.63, 3.8) is 0 Å². The van der Waals surface area contributed by atoms with Crippen molar-refractivity contribution in [2.75, 3.05) is 6.54 Å². The fraction of sp³-hybridized carbons (Fsp3) is 0.545. The molecule has 0 aliphatic rings. The van der Waals surface area contributed by atoms with Crippen LogP contribution >= 0.6 is 0 Å². The lowest BCUT2D eigenvalue weighted by atomic mass is 10.2. The molecule has 4 nitrogen and oxygen atoms in total. The minimum Gasteiger partial charge on any atom is -0.506 e. The maximum absolute atomic E-state index is 9.49. The SMILES string of the molecule is Cc1ccc(O)c(CNCCC(C)O)n1. The maximum Gasteiger partial charge on any atom is 0.138 e. The van der Waals surface area contributed by atoms with Crippen LogP contribution in [0.25, 0.3) is 0 Å². The second-order valence-electron chi connectivity index (χ2n) is 3.73. The van der Waals surface area contributed by atoms with Crippen LogP contribution < -0.4 is 5.32 Å². The van der Waals surface area contributed by atoms with Crippen molar-refractivity contribution in [2.45, 2.75) is 32.9 Å². The zero-order chi connectivity index (χ0) is 11.3. The normalized spacial score (nSPS) is 12.7. The predicted molar refractivity (Wildman–Crippen MR) is 58.6 cm³/mol. The summed E-state index contributed by atoms with van der Waals surface area (Å²) in [6.07, 6.45) is 0.406. The van der Waals surface area contributed by atoms with Crippen LogP contribution in [0.3, 0.4) is 0 Å². The molecular formula is C11H18N2O2. The third-order valence-electron chi connectivity index (χ3n) is 2.12. The zero-order valence-corrected chi connectivity index (χ0v) is 9.20. The molecule has 0 fully saturated rings. The van der Waals surface area contributed by atoms with Gasteiger partial charge >= 0.3 is 0 Å². The van der Waals surface area contributed by atoms with E-state index in [2.05, 4.69) is 10.3 Å². The van der Waals surface area contributed by atoms with Gasteiger partial charge < -0.3 is 15.5 Å². The Bertz CT molecular complexity index is 313. The van der Waals surface area contributed by atoms with Gasteiger partial charge in [-0.25, -0.2) is 0 Å². The number of rotatable bonds is 5. The second-order valence-corrected chi connectivity index (χ2v) is 3.73. The summed E-state index contributed by atoms with van der Waals surface area (Å²) in [5.74, 6) is 0.213. The highest BCUT2D eigenvalue weighted by Gasteiger charge is 2.02. The molecule has 0 aliphatic carbocycles. The van der Waals surface area contributed by atoms with E-state index in [1.807, 2.05) is 6.92 Å². The molecule has 0 saturated carbocycles. The van der Waals surface area contributed by atoms with Gasteiger partial charge in [0.2, 0.25) is 0 Å². The van der Waals surface area contributed by atoms with E-state index >= 15 is 0 Å². The minimum atomic E-state index is -0.295. The molecule has 0 spiro atoms. The first kappa shape index (κ1) is 11.9. The van der Waals surface area contributed by atoms with Crippen molar-refractivity contribution >= 4 is 0 Å². The van der Waals surface area contributed by atoms with Crippen molar-refractivity contribution < 1.29 is 10.2 Å². The van der Waals surface area contributed by atoms with Gasteiger partial charge in [-0.15, -0.1) is 0 Å². The molecule has 0 aliphatic heterocycles. The largest absolute Gasteiger partial charge is 0.506 e. The van der Waals surface area contributed by atoms with E-state index in [0.29, 0.717) is 25.2 Å². The first-order valence-corrected chi connectivity index (χ1v) is 5.14. The lowest BCUT2D eigenvalue weighted by Crippen LogP contribution is -2.19. The summed E-state index contributed by atoms with van der Waals surface area (Å²) >= 11 is 0. The molecule has 0 bridgehead atoms. The van der Waals surface area contributed by atoms with Gasteiger partial charge in [0, 0.05) is 12.2 Å². The predicted octanol–water partition coefficient (Wildman–Crippen LogP) is 0.956. The van der Waals surface area contributed by atoms with Crippen LogP contribution in [0.15, 0.2) is 12.1 Å².